The quantitative estimate of drug-likeness (QED) is 0.876. The van der Waals surface area contributed by atoms with Gasteiger partial charge in [0.05, 0.1) is 26.2 Å². The summed E-state index contributed by atoms with van der Waals surface area (Å²) >= 11 is 0. The van der Waals surface area contributed by atoms with Crippen molar-refractivity contribution in [3.63, 3.8) is 0 Å². The number of hydrogen-bond acceptors (Lipinski definition) is 4. The molecule has 0 aliphatic carbocycles. The molecule has 1 fully saturated rings. The van der Waals surface area contributed by atoms with E-state index in [1.807, 2.05) is 24.3 Å². The number of carbonyl (C=O) groups is 1. The first kappa shape index (κ1) is 12.7. The summed E-state index contributed by atoms with van der Waals surface area (Å²) in [4.78, 5) is 12.8. The average Bonchev–Trinajstić information content (AvgIpc) is 2.38. The Balaban J connectivity index is 2.01. The first-order valence-corrected chi connectivity index (χ1v) is 5.91. The Morgan fingerprint density at radius 1 is 1.50 bits per heavy atom. The second-order valence-corrected chi connectivity index (χ2v) is 4.23. The van der Waals surface area contributed by atoms with E-state index in [1.165, 1.54) is 0 Å². The normalized spacial score (nSPS) is 19.6. The number of nitrogens with zero attached hydrogens (tertiary/aromatic N) is 1. The Morgan fingerprint density at radius 3 is 2.83 bits per heavy atom. The first-order valence-electron chi connectivity index (χ1n) is 5.91. The number of carboxylic acids is 1. The van der Waals surface area contributed by atoms with Crippen LogP contribution in [0.2, 0.25) is 0 Å². The molecule has 5 heteroatoms. The van der Waals surface area contributed by atoms with Crippen LogP contribution < -0.4 is 9.64 Å². The molecule has 1 atom stereocenters. The van der Waals surface area contributed by atoms with E-state index in [2.05, 4.69) is 4.90 Å². The third-order valence-electron chi connectivity index (χ3n) is 2.98. The highest BCUT2D eigenvalue weighted by atomic mass is 16.5. The van der Waals surface area contributed by atoms with Crippen LogP contribution in [0, 0.1) is 0 Å². The van der Waals surface area contributed by atoms with E-state index in [0.29, 0.717) is 13.2 Å². The van der Waals surface area contributed by atoms with Crippen LogP contribution in [0.5, 0.6) is 5.75 Å². The predicted molar refractivity (Wildman–Crippen MR) is 67.2 cm³/mol. The fourth-order valence-corrected chi connectivity index (χ4v) is 2.07. The lowest BCUT2D eigenvalue weighted by Crippen LogP contribution is -2.43. The number of aliphatic carboxylic acids is 1. The maximum Gasteiger partial charge on any atom is 0.306 e. The lowest BCUT2D eigenvalue weighted by Gasteiger charge is -2.34. The zero-order valence-electron chi connectivity index (χ0n) is 10.3. The van der Waals surface area contributed by atoms with Crippen molar-refractivity contribution in [3.8, 4) is 5.75 Å². The van der Waals surface area contributed by atoms with Gasteiger partial charge in [-0.05, 0) is 24.3 Å². The van der Waals surface area contributed by atoms with Crippen LogP contribution in [0.1, 0.15) is 6.42 Å². The Kier molecular flexibility index (Phi) is 4.04. The Morgan fingerprint density at radius 2 is 2.22 bits per heavy atom. The van der Waals surface area contributed by atoms with E-state index in [9.17, 15) is 4.79 Å². The summed E-state index contributed by atoms with van der Waals surface area (Å²) < 4.78 is 10.5. The maximum absolute atomic E-state index is 10.7. The van der Waals surface area contributed by atoms with Crippen molar-refractivity contribution in [1.29, 1.82) is 0 Å². The fourth-order valence-electron chi connectivity index (χ4n) is 2.07. The number of methoxy groups -OCH3 is 1. The lowest BCUT2D eigenvalue weighted by molar-refractivity contribution is -0.140. The number of anilines is 1. The van der Waals surface area contributed by atoms with Crippen molar-refractivity contribution >= 4 is 11.7 Å². The molecule has 0 bridgehead atoms. The molecular weight excluding hydrogens is 234 g/mol. The topological polar surface area (TPSA) is 59.0 Å². The molecule has 1 aliphatic heterocycles. The summed E-state index contributed by atoms with van der Waals surface area (Å²) in [5.74, 6) is -0.00863. The maximum atomic E-state index is 10.7. The molecule has 0 spiro atoms. The van der Waals surface area contributed by atoms with E-state index >= 15 is 0 Å². The highest BCUT2D eigenvalue weighted by Crippen LogP contribution is 2.21. The summed E-state index contributed by atoms with van der Waals surface area (Å²) in [5.41, 5.74) is 1.06. The smallest absolute Gasteiger partial charge is 0.306 e. The lowest BCUT2D eigenvalue weighted by atomic mass is 10.2. The van der Waals surface area contributed by atoms with Crippen molar-refractivity contribution in [2.75, 3.05) is 31.7 Å². The molecule has 98 valence electrons. The van der Waals surface area contributed by atoms with Gasteiger partial charge in [-0.3, -0.25) is 4.79 Å². The van der Waals surface area contributed by atoms with Crippen LogP contribution in [-0.4, -0.2) is 44.0 Å². The van der Waals surface area contributed by atoms with Gasteiger partial charge in [-0.15, -0.1) is 0 Å². The average molecular weight is 251 g/mol. The van der Waals surface area contributed by atoms with Crippen LogP contribution in [0.15, 0.2) is 24.3 Å². The molecule has 1 heterocycles. The highest BCUT2D eigenvalue weighted by Gasteiger charge is 2.22. The van der Waals surface area contributed by atoms with Crippen molar-refractivity contribution in [2.24, 2.45) is 0 Å². The largest absolute Gasteiger partial charge is 0.497 e. The molecule has 1 N–H and O–H groups in total. The Labute approximate surface area is 106 Å². The number of morpholine rings is 1. The van der Waals surface area contributed by atoms with Crippen molar-refractivity contribution in [1.82, 2.24) is 0 Å². The summed E-state index contributed by atoms with van der Waals surface area (Å²) in [5, 5.41) is 8.78. The van der Waals surface area contributed by atoms with Gasteiger partial charge in [0.1, 0.15) is 5.75 Å². The van der Waals surface area contributed by atoms with Gasteiger partial charge in [-0.25, -0.2) is 0 Å². The SMILES string of the molecule is COc1ccc(N2CCOC(CC(=O)O)C2)cc1. The minimum atomic E-state index is -0.823. The number of carboxylic acid groups (broad SMARTS) is 1. The molecule has 0 aromatic heterocycles. The summed E-state index contributed by atoms with van der Waals surface area (Å²) in [6.07, 6.45) is -0.189. The van der Waals surface area contributed by atoms with Crippen LogP contribution >= 0.6 is 0 Å². The number of benzene rings is 1. The molecule has 5 nitrogen and oxygen atoms in total. The van der Waals surface area contributed by atoms with Gasteiger partial charge in [0.25, 0.3) is 0 Å². The fraction of sp³-hybridized carbons (Fsp3) is 0.462. The predicted octanol–water partition coefficient (Wildman–Crippen LogP) is 1.38. The molecule has 1 aromatic carbocycles. The van der Waals surface area contributed by atoms with Gasteiger partial charge >= 0.3 is 5.97 Å². The van der Waals surface area contributed by atoms with Crippen molar-refractivity contribution in [3.05, 3.63) is 24.3 Å². The zero-order chi connectivity index (χ0) is 13.0. The summed E-state index contributed by atoms with van der Waals surface area (Å²) in [7, 11) is 1.63. The van der Waals surface area contributed by atoms with E-state index in [0.717, 1.165) is 18.0 Å². The third-order valence-corrected chi connectivity index (χ3v) is 2.98. The second-order valence-electron chi connectivity index (χ2n) is 4.23. The van der Waals surface area contributed by atoms with Crippen molar-refractivity contribution in [2.45, 2.75) is 12.5 Å². The number of ether oxygens (including phenoxy) is 2. The number of rotatable bonds is 4. The standard InChI is InChI=1S/C13H17NO4/c1-17-11-4-2-10(3-5-11)14-6-7-18-12(9-14)8-13(15)16/h2-5,12H,6-9H2,1H3,(H,15,16). The van der Waals surface area contributed by atoms with Crippen LogP contribution in [0.25, 0.3) is 0 Å². The van der Waals surface area contributed by atoms with Crippen LogP contribution in [-0.2, 0) is 9.53 Å². The molecular formula is C13H17NO4. The Hall–Kier alpha value is -1.75. The molecule has 1 unspecified atom stereocenters. The van der Waals surface area contributed by atoms with Crippen LogP contribution in [0.3, 0.4) is 0 Å². The number of hydrogen-bond donors (Lipinski definition) is 1. The van der Waals surface area contributed by atoms with E-state index in [1.54, 1.807) is 7.11 Å². The molecule has 1 aliphatic rings. The second kappa shape index (κ2) is 5.73. The highest BCUT2D eigenvalue weighted by molar-refractivity contribution is 5.67. The molecule has 2 rings (SSSR count). The van der Waals surface area contributed by atoms with Gasteiger partial charge in [0.2, 0.25) is 0 Å². The third kappa shape index (κ3) is 3.13. The van der Waals surface area contributed by atoms with Crippen LogP contribution in [0.4, 0.5) is 5.69 Å². The summed E-state index contributed by atoms with van der Waals surface area (Å²) in [6.45, 7) is 1.95. The van der Waals surface area contributed by atoms with Gasteiger partial charge < -0.3 is 19.5 Å². The van der Waals surface area contributed by atoms with Crippen molar-refractivity contribution < 1.29 is 19.4 Å². The molecule has 18 heavy (non-hydrogen) atoms. The van der Waals surface area contributed by atoms with Gasteiger partial charge in [-0.1, -0.05) is 0 Å². The monoisotopic (exact) mass is 251 g/mol. The van der Waals surface area contributed by atoms with E-state index in [4.69, 9.17) is 14.6 Å². The van der Waals surface area contributed by atoms with Gasteiger partial charge in [0, 0.05) is 18.8 Å². The van der Waals surface area contributed by atoms with Gasteiger partial charge in [0.15, 0.2) is 0 Å². The molecule has 1 aromatic rings. The zero-order valence-corrected chi connectivity index (χ0v) is 10.3. The first-order chi connectivity index (χ1) is 8.69. The molecule has 1 saturated heterocycles. The van der Waals surface area contributed by atoms with E-state index in [-0.39, 0.29) is 12.5 Å². The molecule has 0 amide bonds. The summed E-state index contributed by atoms with van der Waals surface area (Å²) in [6, 6.07) is 7.75. The van der Waals surface area contributed by atoms with E-state index < -0.39 is 5.97 Å². The Bertz CT molecular complexity index is 404. The minimum Gasteiger partial charge on any atom is -0.497 e. The molecule has 0 radical (unpaired) electrons. The molecule has 0 saturated carbocycles. The minimum absolute atomic E-state index is 0.0483. The van der Waals surface area contributed by atoms with Gasteiger partial charge in [-0.2, -0.15) is 0 Å².